The number of rotatable bonds is 9. The third-order valence-electron chi connectivity index (χ3n) is 6.84. The average Bonchev–Trinajstić information content (AvgIpc) is 2.91. The summed E-state index contributed by atoms with van der Waals surface area (Å²) in [6.45, 7) is 11.0. The van der Waals surface area contributed by atoms with Gasteiger partial charge < -0.3 is 15.0 Å². The molecule has 1 aliphatic heterocycles. The topological polar surface area (TPSA) is 91.0 Å². The predicted octanol–water partition coefficient (Wildman–Crippen LogP) is 4.90. The van der Waals surface area contributed by atoms with Gasteiger partial charge in [0.25, 0.3) is 15.9 Å². The number of carbonyl (C=O) groups is 1. The van der Waals surface area contributed by atoms with E-state index in [1.165, 1.54) is 19.2 Å². The van der Waals surface area contributed by atoms with E-state index in [1.807, 2.05) is 44.2 Å². The van der Waals surface area contributed by atoms with Gasteiger partial charge in [-0.1, -0.05) is 25.1 Å². The van der Waals surface area contributed by atoms with Gasteiger partial charge in [0.15, 0.2) is 0 Å². The van der Waals surface area contributed by atoms with Gasteiger partial charge in [0.2, 0.25) is 0 Å². The fourth-order valence-electron chi connectivity index (χ4n) is 4.70. The molecule has 202 valence electrons. The SMILES string of the molecule is CCCN1CCN(c2ccc(C(=O)Nc3ccc(OC)c(S(=O)(=O)Nc4c(C)cccc4C)c3)cc2)CC1. The molecule has 2 N–H and O–H groups in total. The van der Waals surface area contributed by atoms with Crippen LogP contribution in [-0.2, 0) is 10.0 Å². The second-order valence-electron chi connectivity index (χ2n) is 9.57. The number of methoxy groups -OCH3 is 1. The lowest BCUT2D eigenvalue weighted by atomic mass is 10.1. The van der Waals surface area contributed by atoms with Crippen molar-refractivity contribution in [2.24, 2.45) is 0 Å². The summed E-state index contributed by atoms with van der Waals surface area (Å²) < 4.78 is 34.7. The second-order valence-corrected chi connectivity index (χ2v) is 11.2. The standard InChI is InChI=1S/C29H36N4O4S/c1-5-15-32-16-18-33(19-17-32)25-12-9-23(10-13-25)29(34)30-24-11-14-26(37-4)27(20-24)38(35,36)31-28-21(2)7-6-8-22(28)3/h6-14,20,31H,5,15-19H2,1-4H3,(H,30,34). The molecule has 0 saturated carbocycles. The van der Waals surface area contributed by atoms with Crippen LogP contribution in [0.4, 0.5) is 17.1 Å². The Hall–Kier alpha value is -3.56. The minimum atomic E-state index is -3.99. The number of amides is 1. The first kappa shape index (κ1) is 27.5. The Labute approximate surface area is 225 Å². The molecule has 1 saturated heterocycles. The Kier molecular flexibility index (Phi) is 8.58. The van der Waals surface area contributed by atoms with E-state index in [-0.39, 0.29) is 16.6 Å². The van der Waals surface area contributed by atoms with Gasteiger partial charge in [-0.25, -0.2) is 8.42 Å². The highest BCUT2D eigenvalue weighted by Crippen LogP contribution is 2.31. The van der Waals surface area contributed by atoms with E-state index in [0.29, 0.717) is 16.9 Å². The van der Waals surface area contributed by atoms with Crippen LogP contribution in [0, 0.1) is 13.8 Å². The zero-order valence-corrected chi connectivity index (χ0v) is 23.3. The van der Waals surface area contributed by atoms with Gasteiger partial charge in [-0.2, -0.15) is 0 Å². The molecule has 0 unspecified atom stereocenters. The molecule has 1 aliphatic rings. The number of anilines is 3. The molecule has 1 fully saturated rings. The molecule has 3 aromatic rings. The van der Waals surface area contributed by atoms with Crippen molar-refractivity contribution in [2.45, 2.75) is 32.1 Å². The Morgan fingerprint density at radius 3 is 2.21 bits per heavy atom. The lowest BCUT2D eigenvalue weighted by Gasteiger charge is -2.36. The van der Waals surface area contributed by atoms with Gasteiger partial charge in [0, 0.05) is 43.1 Å². The molecule has 0 aliphatic carbocycles. The third kappa shape index (κ3) is 6.28. The summed E-state index contributed by atoms with van der Waals surface area (Å²) >= 11 is 0. The van der Waals surface area contributed by atoms with E-state index < -0.39 is 10.0 Å². The molecule has 0 bridgehead atoms. The fourth-order valence-corrected chi connectivity index (χ4v) is 6.10. The first-order chi connectivity index (χ1) is 18.2. The van der Waals surface area contributed by atoms with E-state index in [2.05, 4.69) is 26.8 Å². The van der Waals surface area contributed by atoms with Gasteiger partial charge in [0.1, 0.15) is 10.6 Å². The zero-order valence-electron chi connectivity index (χ0n) is 22.5. The number of sulfonamides is 1. The number of nitrogens with one attached hydrogen (secondary N) is 2. The third-order valence-corrected chi connectivity index (χ3v) is 8.21. The maximum atomic E-state index is 13.3. The van der Waals surface area contributed by atoms with Crippen molar-refractivity contribution in [3.05, 3.63) is 77.4 Å². The summed E-state index contributed by atoms with van der Waals surface area (Å²) in [6, 6.07) is 17.7. The molecule has 0 radical (unpaired) electrons. The van der Waals surface area contributed by atoms with Crippen LogP contribution in [0.25, 0.3) is 0 Å². The van der Waals surface area contributed by atoms with Crippen LogP contribution >= 0.6 is 0 Å². The summed E-state index contributed by atoms with van der Waals surface area (Å²) in [5.41, 5.74) is 4.08. The summed E-state index contributed by atoms with van der Waals surface area (Å²) in [7, 11) is -2.57. The van der Waals surface area contributed by atoms with Gasteiger partial charge >= 0.3 is 0 Å². The van der Waals surface area contributed by atoms with Crippen LogP contribution in [0.2, 0.25) is 0 Å². The van der Waals surface area contributed by atoms with Crippen molar-refractivity contribution in [3.8, 4) is 5.75 Å². The average molecular weight is 537 g/mol. The maximum absolute atomic E-state index is 13.3. The van der Waals surface area contributed by atoms with Crippen LogP contribution in [0.1, 0.15) is 34.8 Å². The smallest absolute Gasteiger partial charge is 0.265 e. The molecule has 8 nitrogen and oxygen atoms in total. The molecule has 38 heavy (non-hydrogen) atoms. The molecular weight excluding hydrogens is 500 g/mol. The highest BCUT2D eigenvalue weighted by atomic mass is 32.2. The van der Waals surface area contributed by atoms with E-state index in [4.69, 9.17) is 4.74 Å². The number of hydrogen-bond acceptors (Lipinski definition) is 6. The fraction of sp³-hybridized carbons (Fsp3) is 0.345. The summed E-state index contributed by atoms with van der Waals surface area (Å²) in [4.78, 5) is 17.7. The monoisotopic (exact) mass is 536 g/mol. The highest BCUT2D eigenvalue weighted by molar-refractivity contribution is 7.92. The Balaban J connectivity index is 1.48. The highest BCUT2D eigenvalue weighted by Gasteiger charge is 2.23. The molecule has 4 rings (SSSR count). The quantitative estimate of drug-likeness (QED) is 0.404. The van der Waals surface area contributed by atoms with Gasteiger partial charge in [0.05, 0.1) is 12.8 Å². The minimum Gasteiger partial charge on any atom is -0.495 e. The van der Waals surface area contributed by atoms with Crippen LogP contribution in [-0.4, -0.2) is 59.1 Å². The molecule has 1 amide bonds. The van der Waals surface area contributed by atoms with Crippen molar-refractivity contribution in [1.82, 2.24) is 4.90 Å². The Morgan fingerprint density at radius 2 is 1.61 bits per heavy atom. The summed E-state index contributed by atoms with van der Waals surface area (Å²) in [5.74, 6) is -0.134. The molecule has 0 aromatic heterocycles. The van der Waals surface area contributed by atoms with Crippen molar-refractivity contribution in [3.63, 3.8) is 0 Å². The second kappa shape index (κ2) is 11.9. The molecular formula is C29H36N4O4S. The van der Waals surface area contributed by atoms with Gasteiger partial charge in [-0.05, 0) is 80.4 Å². The summed E-state index contributed by atoms with van der Waals surface area (Å²) in [5, 5.41) is 2.82. The number of benzene rings is 3. The first-order valence-corrected chi connectivity index (χ1v) is 14.4. The number of aryl methyl sites for hydroxylation is 2. The largest absolute Gasteiger partial charge is 0.495 e. The lowest BCUT2D eigenvalue weighted by molar-refractivity contribution is 0.102. The predicted molar refractivity (Wildman–Crippen MR) is 153 cm³/mol. The van der Waals surface area contributed by atoms with Crippen molar-refractivity contribution >= 4 is 33.0 Å². The Bertz CT molecular complexity index is 1360. The normalized spacial score (nSPS) is 14.3. The van der Waals surface area contributed by atoms with Crippen LogP contribution in [0.3, 0.4) is 0 Å². The Morgan fingerprint density at radius 1 is 0.947 bits per heavy atom. The van der Waals surface area contributed by atoms with Crippen LogP contribution in [0.5, 0.6) is 5.75 Å². The van der Waals surface area contributed by atoms with Gasteiger partial charge in [-0.15, -0.1) is 0 Å². The van der Waals surface area contributed by atoms with Gasteiger partial charge in [-0.3, -0.25) is 14.4 Å². The number of nitrogens with zero attached hydrogens (tertiary/aromatic N) is 2. The minimum absolute atomic E-state index is 0.0574. The zero-order chi connectivity index (χ0) is 27.3. The van der Waals surface area contributed by atoms with E-state index in [9.17, 15) is 13.2 Å². The van der Waals surface area contributed by atoms with Crippen molar-refractivity contribution in [2.75, 3.05) is 54.8 Å². The van der Waals surface area contributed by atoms with Crippen LogP contribution in [0.15, 0.2) is 65.6 Å². The molecule has 0 spiro atoms. The number of hydrogen-bond donors (Lipinski definition) is 2. The number of ether oxygens (including phenoxy) is 1. The number of carbonyl (C=O) groups excluding carboxylic acids is 1. The molecule has 3 aromatic carbocycles. The molecule has 9 heteroatoms. The van der Waals surface area contributed by atoms with E-state index in [1.54, 1.807) is 18.2 Å². The summed E-state index contributed by atoms with van der Waals surface area (Å²) in [6.07, 6.45) is 1.16. The number of para-hydroxylation sites is 1. The first-order valence-electron chi connectivity index (χ1n) is 12.9. The molecule has 0 atom stereocenters. The van der Waals surface area contributed by atoms with Crippen molar-refractivity contribution < 1.29 is 17.9 Å². The molecule has 1 heterocycles. The van der Waals surface area contributed by atoms with E-state index in [0.717, 1.165) is 56.0 Å². The van der Waals surface area contributed by atoms with Crippen LogP contribution < -0.4 is 19.7 Å². The lowest BCUT2D eigenvalue weighted by Crippen LogP contribution is -2.46. The number of piperazine rings is 1. The maximum Gasteiger partial charge on any atom is 0.265 e. The van der Waals surface area contributed by atoms with Crippen molar-refractivity contribution in [1.29, 1.82) is 0 Å². The van der Waals surface area contributed by atoms with E-state index >= 15 is 0 Å².